The molecule has 2 aromatic carbocycles. The molecule has 1 aromatic heterocycles. The molecule has 0 fully saturated rings. The Balaban J connectivity index is 2.35. The number of hydrogen-bond donors (Lipinski definition) is 2. The fourth-order valence-electron chi connectivity index (χ4n) is 2.05. The minimum Gasteiger partial charge on any atom is -0.398 e. The zero-order chi connectivity index (χ0) is 13.4. The van der Waals surface area contributed by atoms with Crippen LogP contribution in [0.1, 0.15) is 0 Å². The van der Waals surface area contributed by atoms with Crippen molar-refractivity contribution in [3.05, 3.63) is 47.5 Å². The van der Waals surface area contributed by atoms with Gasteiger partial charge in [-0.2, -0.15) is 0 Å². The maximum Gasteiger partial charge on any atom is 0.221 e. The van der Waals surface area contributed by atoms with Crippen molar-refractivity contribution in [3.8, 4) is 11.3 Å². The third-order valence-corrected chi connectivity index (χ3v) is 3.12. The number of halogens is 1. The number of anilines is 2. The standard InChI is InChI=1S/C14H11ClN4/c15-8-5-6-9(11(16)7-8)13-10-3-1-2-4-12(10)18-14(17)19-13/h1-7H,16H2,(H2,17,18,19). The van der Waals surface area contributed by atoms with Gasteiger partial charge in [0, 0.05) is 21.7 Å². The fraction of sp³-hybridized carbons (Fsp3) is 0. The zero-order valence-corrected chi connectivity index (χ0v) is 10.7. The highest BCUT2D eigenvalue weighted by Gasteiger charge is 2.11. The number of para-hydroxylation sites is 1. The van der Waals surface area contributed by atoms with Crippen LogP contribution in [0.5, 0.6) is 0 Å². The SMILES string of the molecule is Nc1nc(-c2ccc(Cl)cc2N)c2ccccc2n1. The molecule has 3 rings (SSSR count). The van der Waals surface area contributed by atoms with Gasteiger partial charge in [0.05, 0.1) is 11.2 Å². The van der Waals surface area contributed by atoms with E-state index >= 15 is 0 Å². The summed E-state index contributed by atoms with van der Waals surface area (Å²) in [6, 6.07) is 13.0. The lowest BCUT2D eigenvalue weighted by molar-refractivity contribution is 1.24. The summed E-state index contributed by atoms with van der Waals surface area (Å²) in [6.07, 6.45) is 0. The Morgan fingerprint density at radius 1 is 0.947 bits per heavy atom. The second kappa shape index (κ2) is 4.40. The fourth-order valence-corrected chi connectivity index (χ4v) is 2.23. The largest absolute Gasteiger partial charge is 0.398 e. The van der Waals surface area contributed by atoms with Gasteiger partial charge in [-0.3, -0.25) is 0 Å². The van der Waals surface area contributed by atoms with Gasteiger partial charge in [-0.25, -0.2) is 9.97 Å². The number of aromatic nitrogens is 2. The Morgan fingerprint density at radius 2 is 1.74 bits per heavy atom. The average molecular weight is 271 g/mol. The molecule has 4 nitrogen and oxygen atoms in total. The van der Waals surface area contributed by atoms with E-state index in [0.29, 0.717) is 10.7 Å². The number of hydrogen-bond acceptors (Lipinski definition) is 4. The van der Waals surface area contributed by atoms with E-state index in [2.05, 4.69) is 9.97 Å². The van der Waals surface area contributed by atoms with Gasteiger partial charge in [0.15, 0.2) is 0 Å². The summed E-state index contributed by atoms with van der Waals surface area (Å²) in [7, 11) is 0. The van der Waals surface area contributed by atoms with Crippen molar-refractivity contribution in [2.75, 3.05) is 11.5 Å². The van der Waals surface area contributed by atoms with Crippen LogP contribution in [0.4, 0.5) is 11.6 Å². The zero-order valence-electron chi connectivity index (χ0n) is 9.97. The Labute approximate surface area is 115 Å². The van der Waals surface area contributed by atoms with Gasteiger partial charge in [-0.15, -0.1) is 0 Å². The Kier molecular flexibility index (Phi) is 2.72. The normalized spacial score (nSPS) is 10.8. The molecule has 19 heavy (non-hydrogen) atoms. The lowest BCUT2D eigenvalue weighted by atomic mass is 10.0. The summed E-state index contributed by atoms with van der Waals surface area (Å²) in [4.78, 5) is 8.51. The molecule has 0 aliphatic rings. The first-order valence-electron chi connectivity index (χ1n) is 5.73. The first kappa shape index (κ1) is 11.7. The van der Waals surface area contributed by atoms with Crippen molar-refractivity contribution in [2.24, 2.45) is 0 Å². The highest BCUT2D eigenvalue weighted by molar-refractivity contribution is 6.31. The average Bonchev–Trinajstić information content (AvgIpc) is 2.38. The molecule has 0 aliphatic carbocycles. The number of nitrogens with zero attached hydrogens (tertiary/aromatic N) is 2. The van der Waals surface area contributed by atoms with Crippen molar-refractivity contribution in [1.82, 2.24) is 9.97 Å². The maximum atomic E-state index is 6.01. The predicted octanol–water partition coefficient (Wildman–Crippen LogP) is 3.11. The molecular formula is C14H11ClN4. The van der Waals surface area contributed by atoms with Crippen molar-refractivity contribution in [2.45, 2.75) is 0 Å². The van der Waals surface area contributed by atoms with Crippen LogP contribution in [0.3, 0.4) is 0 Å². The Bertz CT molecular complexity index is 770. The molecule has 4 N–H and O–H groups in total. The number of nitrogen functional groups attached to an aromatic ring is 2. The molecule has 0 atom stereocenters. The van der Waals surface area contributed by atoms with Gasteiger partial charge >= 0.3 is 0 Å². The van der Waals surface area contributed by atoms with Gasteiger partial charge in [0.1, 0.15) is 0 Å². The second-order valence-electron chi connectivity index (χ2n) is 4.18. The van der Waals surface area contributed by atoms with Gasteiger partial charge in [0.2, 0.25) is 5.95 Å². The molecule has 0 saturated heterocycles. The van der Waals surface area contributed by atoms with Crippen LogP contribution in [-0.4, -0.2) is 9.97 Å². The van der Waals surface area contributed by atoms with E-state index in [1.54, 1.807) is 12.1 Å². The topological polar surface area (TPSA) is 77.8 Å². The first-order chi connectivity index (χ1) is 9.15. The van der Waals surface area contributed by atoms with E-state index in [-0.39, 0.29) is 5.95 Å². The summed E-state index contributed by atoms with van der Waals surface area (Å²) in [5, 5.41) is 1.50. The van der Waals surface area contributed by atoms with E-state index < -0.39 is 0 Å². The highest BCUT2D eigenvalue weighted by Crippen LogP contribution is 2.32. The van der Waals surface area contributed by atoms with E-state index in [9.17, 15) is 0 Å². The van der Waals surface area contributed by atoms with E-state index in [4.69, 9.17) is 23.1 Å². The van der Waals surface area contributed by atoms with Crippen LogP contribution in [-0.2, 0) is 0 Å². The lowest BCUT2D eigenvalue weighted by Crippen LogP contribution is -1.99. The molecule has 0 radical (unpaired) electrons. The van der Waals surface area contributed by atoms with Crippen molar-refractivity contribution >= 4 is 34.1 Å². The third kappa shape index (κ3) is 2.06. The highest BCUT2D eigenvalue weighted by atomic mass is 35.5. The molecule has 0 bridgehead atoms. The summed E-state index contributed by atoms with van der Waals surface area (Å²) in [5.74, 6) is 0.225. The molecule has 3 aromatic rings. The Morgan fingerprint density at radius 3 is 2.53 bits per heavy atom. The van der Waals surface area contributed by atoms with Crippen LogP contribution in [0, 0.1) is 0 Å². The lowest BCUT2D eigenvalue weighted by Gasteiger charge is -2.09. The summed E-state index contributed by atoms with van der Waals surface area (Å²) in [5.41, 5.74) is 14.6. The molecule has 5 heteroatoms. The van der Waals surface area contributed by atoms with E-state index in [1.165, 1.54) is 0 Å². The molecule has 1 heterocycles. The van der Waals surface area contributed by atoms with Crippen LogP contribution in [0.15, 0.2) is 42.5 Å². The van der Waals surface area contributed by atoms with E-state index in [1.807, 2.05) is 30.3 Å². The van der Waals surface area contributed by atoms with Crippen LogP contribution < -0.4 is 11.5 Å². The maximum absolute atomic E-state index is 6.01. The summed E-state index contributed by atoms with van der Waals surface area (Å²) < 4.78 is 0. The van der Waals surface area contributed by atoms with E-state index in [0.717, 1.165) is 22.2 Å². The molecule has 0 saturated carbocycles. The number of benzene rings is 2. The van der Waals surface area contributed by atoms with Crippen LogP contribution in [0.25, 0.3) is 22.2 Å². The smallest absolute Gasteiger partial charge is 0.221 e. The quantitative estimate of drug-likeness (QED) is 0.666. The summed E-state index contributed by atoms with van der Waals surface area (Å²) >= 11 is 5.92. The minimum atomic E-state index is 0.225. The van der Waals surface area contributed by atoms with Gasteiger partial charge in [-0.1, -0.05) is 29.8 Å². The first-order valence-corrected chi connectivity index (χ1v) is 6.10. The molecule has 0 spiro atoms. The number of rotatable bonds is 1. The van der Waals surface area contributed by atoms with Gasteiger partial charge in [0.25, 0.3) is 0 Å². The van der Waals surface area contributed by atoms with Crippen LogP contribution in [0.2, 0.25) is 5.02 Å². The summed E-state index contributed by atoms with van der Waals surface area (Å²) in [6.45, 7) is 0. The monoisotopic (exact) mass is 270 g/mol. The van der Waals surface area contributed by atoms with Crippen LogP contribution >= 0.6 is 11.6 Å². The van der Waals surface area contributed by atoms with Crippen molar-refractivity contribution < 1.29 is 0 Å². The number of nitrogens with two attached hydrogens (primary N) is 2. The molecular weight excluding hydrogens is 260 g/mol. The Hall–Kier alpha value is -2.33. The molecule has 0 unspecified atom stereocenters. The third-order valence-electron chi connectivity index (χ3n) is 2.89. The molecule has 0 aliphatic heterocycles. The number of fused-ring (bicyclic) bond motifs is 1. The minimum absolute atomic E-state index is 0.225. The molecule has 94 valence electrons. The van der Waals surface area contributed by atoms with Gasteiger partial charge in [-0.05, 0) is 24.3 Å². The van der Waals surface area contributed by atoms with Crippen molar-refractivity contribution in [3.63, 3.8) is 0 Å². The van der Waals surface area contributed by atoms with Gasteiger partial charge < -0.3 is 11.5 Å². The molecule has 0 amide bonds. The second-order valence-corrected chi connectivity index (χ2v) is 4.62. The predicted molar refractivity (Wildman–Crippen MR) is 78.8 cm³/mol. The van der Waals surface area contributed by atoms with Crippen molar-refractivity contribution in [1.29, 1.82) is 0 Å².